The van der Waals surface area contributed by atoms with E-state index in [2.05, 4.69) is 10.6 Å². The van der Waals surface area contributed by atoms with Crippen LogP contribution >= 0.6 is 11.6 Å². The quantitative estimate of drug-likeness (QED) is 0.252. The molecule has 4 amide bonds. The van der Waals surface area contributed by atoms with E-state index in [4.69, 9.17) is 26.8 Å². The third-order valence-corrected chi connectivity index (χ3v) is 7.71. The summed E-state index contributed by atoms with van der Waals surface area (Å²) in [6.07, 6.45) is 0.435. The molecular weight excluding hydrogens is 538 g/mol. The number of fused-ring (bicyclic) bond motifs is 3. The van der Waals surface area contributed by atoms with Crippen molar-refractivity contribution in [1.82, 2.24) is 20.1 Å². The van der Waals surface area contributed by atoms with Crippen LogP contribution in [0.2, 0.25) is 5.02 Å². The maximum absolute atomic E-state index is 13.4. The zero-order chi connectivity index (χ0) is 28.4. The van der Waals surface area contributed by atoms with Gasteiger partial charge in [-0.05, 0) is 49.2 Å². The second-order valence-electron chi connectivity index (χ2n) is 9.78. The molecule has 0 bridgehead atoms. The van der Waals surface area contributed by atoms with Crippen molar-refractivity contribution in [3.8, 4) is 5.75 Å². The number of ether oxygens (including phenoxy) is 2. The number of nitrogens with zero attached hydrogens (tertiary/aromatic N) is 2. The van der Waals surface area contributed by atoms with Gasteiger partial charge in [0.2, 0.25) is 11.8 Å². The summed E-state index contributed by atoms with van der Waals surface area (Å²) < 4.78 is 12.5. The van der Waals surface area contributed by atoms with Gasteiger partial charge in [0.05, 0.1) is 30.3 Å². The van der Waals surface area contributed by atoms with Crippen molar-refractivity contribution in [2.24, 2.45) is 5.73 Å². The third-order valence-electron chi connectivity index (χ3n) is 7.24. The Hall–Kier alpha value is -3.93. The van der Waals surface area contributed by atoms with Crippen LogP contribution in [0.5, 0.6) is 5.75 Å². The van der Waals surface area contributed by atoms with Gasteiger partial charge in [-0.3, -0.25) is 19.5 Å². The lowest BCUT2D eigenvalue weighted by Crippen LogP contribution is -2.52. The van der Waals surface area contributed by atoms with E-state index < -0.39 is 18.0 Å². The number of carbonyl (C=O) groups excluding carboxylic acids is 4. The Bertz CT molecular complexity index is 1500. The predicted octanol–water partition coefficient (Wildman–Crippen LogP) is 2.71. The van der Waals surface area contributed by atoms with Crippen LogP contribution in [0, 0.1) is 0 Å². The van der Waals surface area contributed by atoms with Gasteiger partial charge in [0.25, 0.3) is 0 Å². The zero-order valence-electron chi connectivity index (χ0n) is 22.0. The first-order valence-electron chi connectivity index (χ1n) is 13.0. The van der Waals surface area contributed by atoms with Gasteiger partial charge >= 0.3 is 12.1 Å². The number of rotatable bonds is 10. The van der Waals surface area contributed by atoms with E-state index in [0.29, 0.717) is 48.6 Å². The molecule has 3 aromatic rings. The maximum Gasteiger partial charge on any atom is 0.409 e. The molecule has 5 rings (SSSR count). The molecule has 2 aliphatic rings. The number of halogens is 1. The van der Waals surface area contributed by atoms with Gasteiger partial charge in [-0.1, -0.05) is 29.8 Å². The van der Waals surface area contributed by atoms with Gasteiger partial charge in [0.15, 0.2) is 0 Å². The molecule has 0 aliphatic carbocycles. The highest BCUT2D eigenvalue weighted by molar-refractivity contribution is 6.32. The smallest absolute Gasteiger partial charge is 0.409 e. The number of primary amides is 1. The first-order valence-corrected chi connectivity index (χ1v) is 13.4. The minimum Gasteiger partial charge on any atom is -0.410 e. The number of carbonyl (C=O) groups is 4. The maximum atomic E-state index is 13.4. The topological polar surface area (TPSA) is 145 Å². The lowest BCUT2D eigenvalue weighted by molar-refractivity contribution is -0.136. The molecule has 0 spiro atoms. The van der Waals surface area contributed by atoms with Gasteiger partial charge < -0.3 is 25.4 Å². The zero-order valence-corrected chi connectivity index (χ0v) is 22.8. The van der Waals surface area contributed by atoms with Gasteiger partial charge in [-0.15, -0.1) is 0 Å². The molecule has 3 heterocycles. The van der Waals surface area contributed by atoms with Crippen molar-refractivity contribution in [3.05, 3.63) is 63.8 Å². The van der Waals surface area contributed by atoms with Gasteiger partial charge in [-0.25, -0.2) is 9.59 Å². The van der Waals surface area contributed by atoms with Crippen LogP contribution in [0.3, 0.4) is 0 Å². The second-order valence-corrected chi connectivity index (χ2v) is 10.2. The molecule has 11 nitrogen and oxygen atoms in total. The summed E-state index contributed by atoms with van der Waals surface area (Å²) in [4.78, 5) is 50.5. The molecule has 2 aliphatic heterocycles. The van der Waals surface area contributed by atoms with Crippen LogP contribution in [-0.4, -0.2) is 66.3 Å². The molecule has 1 fully saturated rings. The van der Waals surface area contributed by atoms with Crippen LogP contribution in [0.4, 0.5) is 9.59 Å². The Morgan fingerprint density at radius 2 is 2.00 bits per heavy atom. The number of hydrogen-bond acceptors (Lipinski definition) is 7. The fraction of sp³-hybridized carbons (Fsp3) is 0.357. The molecule has 0 radical (unpaired) electrons. The predicted molar refractivity (Wildman–Crippen MR) is 147 cm³/mol. The van der Waals surface area contributed by atoms with Gasteiger partial charge in [0, 0.05) is 36.0 Å². The fourth-order valence-corrected chi connectivity index (χ4v) is 5.62. The van der Waals surface area contributed by atoms with Crippen LogP contribution in [0.1, 0.15) is 35.2 Å². The van der Waals surface area contributed by atoms with E-state index in [1.54, 1.807) is 16.7 Å². The van der Waals surface area contributed by atoms with Crippen molar-refractivity contribution in [1.29, 1.82) is 0 Å². The minimum absolute atomic E-state index is 0.192. The lowest BCUT2D eigenvalue weighted by atomic mass is 9.98. The summed E-state index contributed by atoms with van der Waals surface area (Å²) in [6, 6.07) is 10.0. The number of imide groups is 1. The second kappa shape index (κ2) is 11.7. The molecule has 1 atom stereocenters. The van der Waals surface area contributed by atoms with Crippen molar-refractivity contribution in [2.75, 3.05) is 26.8 Å². The molecule has 40 heavy (non-hydrogen) atoms. The van der Waals surface area contributed by atoms with Crippen LogP contribution in [0.25, 0.3) is 10.9 Å². The highest BCUT2D eigenvalue weighted by Crippen LogP contribution is 2.36. The van der Waals surface area contributed by atoms with Crippen LogP contribution in [-0.2, 0) is 33.7 Å². The third kappa shape index (κ3) is 5.40. The van der Waals surface area contributed by atoms with Crippen LogP contribution in [0.15, 0.2) is 36.4 Å². The highest BCUT2D eigenvalue weighted by Gasteiger charge is 2.40. The summed E-state index contributed by atoms with van der Waals surface area (Å²) >= 11 is 6.84. The van der Waals surface area contributed by atoms with Crippen molar-refractivity contribution in [3.63, 3.8) is 0 Å². The number of piperidine rings is 1. The largest absolute Gasteiger partial charge is 0.410 e. The number of nitrogens with two attached hydrogens (primary N) is 1. The molecule has 1 aromatic heterocycles. The number of hydrogen-bond donors (Lipinski definition) is 3. The van der Waals surface area contributed by atoms with Crippen molar-refractivity contribution >= 4 is 46.4 Å². The Kier molecular flexibility index (Phi) is 8.06. The molecule has 12 heteroatoms. The molecular formula is C28H30ClN5O6. The number of benzene rings is 2. The normalized spacial score (nSPS) is 16.9. The van der Waals surface area contributed by atoms with E-state index >= 15 is 0 Å². The van der Waals surface area contributed by atoms with Crippen molar-refractivity contribution in [2.45, 2.75) is 38.3 Å². The SMILES string of the molecule is CNCCOCCc1ccc(OC(N)=O)c(Cc2cccc3c2cc2n3C(=O)N(C3CCC(=O)NC3=O)C2)c1Cl. The average molecular weight is 568 g/mol. The summed E-state index contributed by atoms with van der Waals surface area (Å²) in [5, 5.41) is 6.65. The number of likely N-dealkylation sites (N-methyl/N-ethyl adjacent to an activating group) is 1. The van der Waals surface area contributed by atoms with Crippen LogP contribution < -0.4 is 21.1 Å². The summed E-state index contributed by atoms with van der Waals surface area (Å²) in [5.41, 5.74) is 9.08. The van der Waals surface area contributed by atoms with E-state index in [9.17, 15) is 19.2 Å². The van der Waals surface area contributed by atoms with Gasteiger partial charge in [0.1, 0.15) is 11.8 Å². The monoisotopic (exact) mass is 567 g/mol. The number of aromatic nitrogens is 1. The van der Waals surface area contributed by atoms with E-state index in [1.165, 1.54) is 4.90 Å². The first-order chi connectivity index (χ1) is 19.3. The summed E-state index contributed by atoms with van der Waals surface area (Å²) in [5.74, 6) is -0.517. The Balaban J connectivity index is 1.43. The Morgan fingerprint density at radius 3 is 2.75 bits per heavy atom. The standard InChI is InChI=1S/C28H30ClN5O6/c1-31-10-12-39-11-9-16-5-7-23(40-27(30)37)20(25(16)29)13-17-3-2-4-21-19(17)14-18-15-33(28(38)34(18)21)22-6-8-24(35)32-26(22)36/h2-5,7,14,22,31H,6,8-13,15H2,1H3,(H2,30,37)(H,32,35,36). The Morgan fingerprint density at radius 1 is 1.18 bits per heavy atom. The summed E-state index contributed by atoms with van der Waals surface area (Å²) in [7, 11) is 1.86. The van der Waals surface area contributed by atoms with E-state index in [-0.39, 0.29) is 30.7 Å². The number of nitrogens with one attached hydrogen (secondary N) is 2. The average Bonchev–Trinajstić information content (AvgIpc) is 3.44. The lowest BCUT2D eigenvalue weighted by Gasteiger charge is -2.28. The molecule has 0 saturated carbocycles. The molecule has 4 N–H and O–H groups in total. The molecule has 2 aromatic carbocycles. The number of amides is 4. The van der Waals surface area contributed by atoms with E-state index in [0.717, 1.165) is 28.8 Å². The van der Waals surface area contributed by atoms with Gasteiger partial charge in [-0.2, -0.15) is 0 Å². The van der Waals surface area contributed by atoms with Crippen molar-refractivity contribution < 1.29 is 28.7 Å². The minimum atomic E-state index is -0.944. The fourth-order valence-electron chi connectivity index (χ4n) is 5.30. The highest BCUT2D eigenvalue weighted by atomic mass is 35.5. The first kappa shape index (κ1) is 27.6. The summed E-state index contributed by atoms with van der Waals surface area (Å²) in [6.45, 7) is 2.04. The molecule has 1 unspecified atom stereocenters. The Labute approximate surface area is 235 Å². The molecule has 210 valence electrons. The van der Waals surface area contributed by atoms with E-state index in [1.807, 2.05) is 31.3 Å². The molecule has 1 saturated heterocycles.